The number of benzene rings is 4. The first-order chi connectivity index (χ1) is 68.3. The molecule has 3 fully saturated rings. The third-order valence-corrected chi connectivity index (χ3v) is 29.9. The normalized spacial score (nSPS) is 24.4. The van der Waals surface area contributed by atoms with E-state index in [4.69, 9.17) is 36.3 Å². The van der Waals surface area contributed by atoms with E-state index in [1.165, 1.54) is 59.0 Å². The zero-order valence-electron chi connectivity index (χ0n) is 81.1. The number of likely N-dealkylation sites (N-methyl/N-ethyl adjacent to an activating group) is 1. The van der Waals surface area contributed by atoms with Gasteiger partial charge >= 0.3 is 24.0 Å². The van der Waals surface area contributed by atoms with Crippen LogP contribution in [0.5, 0.6) is 5.75 Å². The van der Waals surface area contributed by atoms with Crippen molar-refractivity contribution in [1.29, 1.82) is 0 Å². The maximum Gasteiger partial charge on any atom is 0.409 e. The quantitative estimate of drug-likeness (QED) is 0.0115. The predicted molar refractivity (Wildman–Crippen MR) is 536 cm³/mol. The molecule has 5 aromatic rings. The number of amides is 14. The van der Waals surface area contributed by atoms with Gasteiger partial charge in [-0.15, -0.1) is 0 Å². The second-order valence-corrected chi connectivity index (χ2v) is 41.5. The molecule has 48 heteroatoms. The van der Waals surface area contributed by atoms with Crippen molar-refractivity contribution in [3.63, 3.8) is 0 Å². The first-order valence-corrected chi connectivity index (χ1v) is 52.0. The number of nitrogens with two attached hydrogens (primary N) is 1. The van der Waals surface area contributed by atoms with Gasteiger partial charge in [0.1, 0.15) is 101 Å². The number of carbonyl (C=O) groups is 17. The molecule has 9 rings (SSSR count). The van der Waals surface area contributed by atoms with Crippen LogP contribution in [-0.2, 0) is 117 Å². The number of alkyl carbamates (subject to hydrolysis) is 1. The molecule has 14 amide bonds. The number of aromatic nitrogens is 1. The van der Waals surface area contributed by atoms with Crippen molar-refractivity contribution < 1.29 is 131 Å². The molecule has 0 aliphatic carbocycles. The molecular formula is C96H127ClN16O27S4. The minimum Gasteiger partial charge on any atom is -0.495 e. The number of aliphatic hydroxyl groups excluding tert-OH is 3. The van der Waals surface area contributed by atoms with Gasteiger partial charge in [0.05, 0.1) is 63.0 Å². The number of carboxylic acids is 2. The molecule has 144 heavy (non-hydrogen) atoms. The summed E-state index contributed by atoms with van der Waals surface area (Å²) in [6.45, 7) is 9.47. The summed E-state index contributed by atoms with van der Waals surface area (Å²) in [5.41, 5.74) is 6.55. The van der Waals surface area contributed by atoms with E-state index in [2.05, 4.69) is 68.8 Å². The lowest BCUT2D eigenvalue weighted by molar-refractivity contribution is -0.162. The average Bonchev–Trinajstić information content (AvgIpc) is 1.57. The first-order valence-electron chi connectivity index (χ1n) is 46.7. The van der Waals surface area contributed by atoms with E-state index in [1.54, 1.807) is 117 Å². The molecule has 0 unspecified atom stereocenters. The SMILES string of the molecule is COc1cc2cc(c1Cl)N(C)C(=O)C[C@H](OC(=O)[C@H](C)N(C)C(=O)CCSSC[C@H](NC(C)=O)C(=O)N[C@@H](CC(=O)O)C(=O)N[C@@H](CC(=O)O)C(=O)N[C@H](Cc1ccccc1)C(=O)N[C@H]1CSSC[C@@H](C(=O)N[C@H](CO)[C@@H](C)O)NC(=O)[C@H]([C@@H](C)O)NC(=O)[C@H](CCCCN)NC(=O)[C@@H](Cc3c[nH]c4ccccc34)NC(=O)[C@H](Cc3ccccc3)NC1=O)[C@]1(C)O[C@H]1[C@H](C)[C@@H]1C[C@](O)(C/C=C/C=C(\C)C2)NC(=O)O1. The number of hydrogen-bond donors (Lipinski definition) is 20. The number of nitrogens with zero attached hydrogens (tertiary/aromatic N) is 2. The van der Waals surface area contributed by atoms with Crippen LogP contribution in [0.25, 0.3) is 10.9 Å². The third-order valence-electron chi connectivity index (χ3n) is 24.7. The van der Waals surface area contributed by atoms with Gasteiger partial charge in [0.25, 0.3) is 0 Å². The van der Waals surface area contributed by atoms with E-state index in [0.717, 1.165) is 60.6 Å². The Balaban J connectivity index is 0.917. The van der Waals surface area contributed by atoms with Crippen molar-refractivity contribution in [2.24, 2.45) is 11.7 Å². The monoisotopic (exact) mass is 2100 g/mol. The van der Waals surface area contributed by atoms with Gasteiger partial charge in [-0.25, -0.2) is 9.59 Å². The lowest BCUT2D eigenvalue weighted by Gasteiger charge is -2.39. The average molecular weight is 2100 g/mol. The number of anilines is 1. The number of nitrogens with one attached hydrogen (secondary N) is 13. The molecule has 20 atom stereocenters. The Hall–Kier alpha value is -12.1. The van der Waals surface area contributed by atoms with Crippen LogP contribution in [0.4, 0.5) is 10.5 Å². The van der Waals surface area contributed by atoms with E-state index in [1.807, 2.05) is 13.0 Å². The van der Waals surface area contributed by atoms with Crippen molar-refractivity contribution in [3.8, 4) is 5.75 Å². The number of unbranched alkanes of at least 4 members (excludes halogenated alkanes) is 1. The lowest BCUT2D eigenvalue weighted by Crippen LogP contribution is -2.62. The summed E-state index contributed by atoms with van der Waals surface area (Å²) in [6.07, 6.45) is -3.57. The Labute approximate surface area is 852 Å². The highest BCUT2D eigenvalue weighted by Crippen LogP contribution is 2.49. The summed E-state index contributed by atoms with van der Waals surface area (Å²) in [5, 5.41) is 95.0. The summed E-state index contributed by atoms with van der Waals surface area (Å²) in [4.78, 5) is 248. The minimum atomic E-state index is -2.21. The number of aromatic amines is 1. The number of carbonyl (C=O) groups excluding carboxylic acids is 15. The number of para-hydroxylation sites is 1. The fraction of sp³-hybridized carbons (Fsp3) is 0.510. The van der Waals surface area contributed by atoms with Crippen molar-refractivity contribution in [2.75, 3.05) is 62.3 Å². The lowest BCUT2D eigenvalue weighted by atomic mass is 9.84. The van der Waals surface area contributed by atoms with E-state index in [9.17, 15) is 93.0 Å². The number of carboxylic acid groups (broad SMARTS) is 2. The first kappa shape index (κ1) is 116. The molecule has 0 saturated carbocycles. The largest absolute Gasteiger partial charge is 0.495 e. The number of ether oxygens (including phenoxy) is 4. The van der Waals surface area contributed by atoms with E-state index in [0.29, 0.717) is 46.0 Å². The number of methoxy groups -OCH3 is 1. The number of H-pyrrole nitrogens is 1. The van der Waals surface area contributed by atoms with Crippen LogP contribution in [0.3, 0.4) is 0 Å². The number of aliphatic hydroxyl groups is 4. The van der Waals surface area contributed by atoms with Gasteiger partial charge in [-0.3, -0.25) is 77.2 Å². The molecule has 3 saturated heterocycles. The van der Waals surface area contributed by atoms with Gasteiger partial charge < -0.3 is 129 Å². The highest BCUT2D eigenvalue weighted by molar-refractivity contribution is 8.77. The van der Waals surface area contributed by atoms with Crippen molar-refractivity contribution >= 4 is 172 Å². The zero-order chi connectivity index (χ0) is 106. The summed E-state index contributed by atoms with van der Waals surface area (Å²) < 4.78 is 23.8. The van der Waals surface area contributed by atoms with Crippen LogP contribution in [0.15, 0.2) is 127 Å². The second-order valence-electron chi connectivity index (χ2n) is 36.0. The zero-order valence-corrected chi connectivity index (χ0v) is 85.1. The number of hydrogen-bond acceptors (Lipinski definition) is 30. The van der Waals surface area contributed by atoms with E-state index in [-0.39, 0.29) is 79.5 Å². The fourth-order valence-electron chi connectivity index (χ4n) is 16.3. The topological polar surface area (TPSA) is 644 Å². The smallest absolute Gasteiger partial charge is 0.409 e. The Bertz CT molecular complexity index is 5480. The maximum absolute atomic E-state index is 15.5. The second kappa shape index (κ2) is 54.8. The number of epoxide rings is 1. The van der Waals surface area contributed by atoms with Crippen molar-refractivity contribution in [3.05, 3.63) is 154 Å². The highest BCUT2D eigenvalue weighted by Gasteiger charge is 2.64. The Morgan fingerprint density at radius 2 is 1.33 bits per heavy atom. The van der Waals surface area contributed by atoms with Crippen LogP contribution < -0.4 is 79.2 Å². The van der Waals surface area contributed by atoms with Crippen LogP contribution in [0, 0.1) is 5.92 Å². The molecule has 4 aromatic carbocycles. The molecule has 4 bridgehead atoms. The van der Waals surface area contributed by atoms with Crippen LogP contribution in [0.1, 0.15) is 129 Å². The van der Waals surface area contributed by atoms with E-state index >= 15 is 19.2 Å². The number of rotatable bonds is 38. The number of fused-ring (bicyclic) bond motifs is 6. The number of esters is 1. The molecule has 5 heterocycles. The number of halogens is 1. The molecule has 0 spiro atoms. The predicted octanol–water partition coefficient (Wildman–Crippen LogP) is 1.45. The maximum atomic E-state index is 15.5. The summed E-state index contributed by atoms with van der Waals surface area (Å²) in [7, 11) is 7.82. The van der Waals surface area contributed by atoms with Gasteiger partial charge in [-0.2, -0.15) is 0 Å². The minimum absolute atomic E-state index is 0.00545. The summed E-state index contributed by atoms with van der Waals surface area (Å²) >= 11 is 6.87. The van der Waals surface area contributed by atoms with E-state index < -0.39 is 265 Å². The summed E-state index contributed by atoms with van der Waals surface area (Å²) in [5.74, 6) is -19.3. The van der Waals surface area contributed by atoms with Gasteiger partial charge in [-0.1, -0.05) is 164 Å². The van der Waals surface area contributed by atoms with Crippen LogP contribution >= 0.6 is 54.8 Å². The molecule has 4 aliphatic heterocycles. The molecule has 1 aromatic heterocycles. The molecular weight excluding hydrogens is 1970 g/mol. The van der Waals surface area contributed by atoms with Crippen molar-refractivity contribution in [2.45, 2.75) is 246 Å². The number of allylic oxidation sites excluding steroid dienone is 3. The van der Waals surface area contributed by atoms with Gasteiger partial charge in [0.15, 0.2) is 0 Å². The highest BCUT2D eigenvalue weighted by atomic mass is 35.5. The molecule has 43 nitrogen and oxygen atoms in total. The van der Waals surface area contributed by atoms with Gasteiger partial charge in [-0.05, 0) is 107 Å². The number of aliphatic carboxylic acids is 2. The standard InChI is InChI=1S/C96H127ClN16O27S4/c1-50-23-19-21-32-96(136)44-74(138-94(135)111-96)51(2)82-95(7,140-82)75(43-77(119)113(9)72-38-58(35-50)39-73(137-10)80(72)97)139-93(134)52(3)112(8)76(118)31-34-141-142-47-69(100-55(6)117)89(130)106-67(42-79(122)123)88(129)105-66(41-78(120)121)87(128)102-64(37-57-26-15-12-16-27-57)85(126)108-70-48-143-144-49-71(91(132)107-68(46-114)53(4)115)109-92(133)81(54(5)116)110-83(124)62(30-20-22-33-98)101-86(127)65(40-59-45-99-61-29-18-17-28-60(59)61)104-84(125)63(103-90(70)131)36-56-24-13-11-14-25-56/h11-19,21,23-29,38-39,45,51-54,62-71,74-75,81-82,99,114-116,136H,20,22,30-37,40-44,46-49,98H2,1-10H3,(H,100,117)(H,101,127)(H,102,128)(H,103,131)(H,104,125)(H,105,129)(H,106,130)(H,107,132)(H,108,126)(H,109,133)(H,110,124)(H,111,135)(H,120,121)(H,122,123)/b21-19+,50-23+/t51-,52+,53-,54-,62+,63+,64-,65-,66+,67+,68-,69+,70+,71+,74+,75+,81+,82+,95+,96-/m1/s1. The molecule has 21 N–H and O–H groups in total. The van der Waals surface area contributed by atoms with Gasteiger partial charge in [0.2, 0.25) is 76.8 Å². The molecule has 0 radical (unpaired) electrons. The Kier molecular flexibility index (Phi) is 43.9. The fourth-order valence-corrected chi connectivity index (χ4v) is 21.0. The molecule has 4 aliphatic rings. The Morgan fingerprint density at radius 3 is 1.96 bits per heavy atom. The molecule has 784 valence electrons. The van der Waals surface area contributed by atoms with Crippen molar-refractivity contribution in [1.82, 2.24) is 73.7 Å². The van der Waals surface area contributed by atoms with Gasteiger partial charge in [0, 0.05) is 106 Å². The summed E-state index contributed by atoms with van der Waals surface area (Å²) in [6, 6.07) is 6.20. The third kappa shape index (κ3) is 33.8. The van der Waals surface area contributed by atoms with Crippen LogP contribution in [0.2, 0.25) is 5.02 Å². The van der Waals surface area contributed by atoms with Crippen LogP contribution in [-0.4, -0.2) is 313 Å². The Morgan fingerprint density at radius 1 is 0.729 bits per heavy atom.